The van der Waals surface area contributed by atoms with Crippen LogP contribution in [0.25, 0.3) is 11.0 Å². The Morgan fingerprint density at radius 3 is 2.38 bits per heavy atom. The van der Waals surface area contributed by atoms with Crippen molar-refractivity contribution in [3.63, 3.8) is 0 Å². The van der Waals surface area contributed by atoms with Gasteiger partial charge < -0.3 is 14.8 Å². The summed E-state index contributed by atoms with van der Waals surface area (Å²) < 4.78 is 1.94. The number of aliphatic hydroxyl groups is 2. The topological polar surface area (TPSA) is 87.4 Å². The zero-order valence-corrected chi connectivity index (χ0v) is 17.4. The number of nitrogens with zero attached hydrogens (tertiary/aromatic N) is 2. The molecule has 0 saturated carbocycles. The highest BCUT2D eigenvalue weighted by atomic mass is 16.3. The van der Waals surface area contributed by atoms with Crippen molar-refractivity contribution in [2.24, 2.45) is 0 Å². The first-order valence-electron chi connectivity index (χ1n) is 9.92. The molecule has 0 fully saturated rings. The first-order chi connectivity index (χ1) is 13.6. The molecule has 1 unspecified atom stereocenters. The Labute approximate surface area is 171 Å². The van der Waals surface area contributed by atoms with Crippen LogP contribution in [0.4, 0.5) is 5.95 Å². The molecule has 29 heavy (non-hydrogen) atoms. The van der Waals surface area contributed by atoms with Crippen molar-refractivity contribution in [1.29, 1.82) is 0 Å². The van der Waals surface area contributed by atoms with Gasteiger partial charge in [-0.2, -0.15) is 0 Å². The minimum absolute atomic E-state index is 0.0821. The lowest BCUT2D eigenvalue weighted by molar-refractivity contribution is -0.120. The number of aryl methyl sites for hydroxylation is 1. The van der Waals surface area contributed by atoms with Gasteiger partial charge in [0, 0.05) is 6.54 Å². The van der Waals surface area contributed by atoms with E-state index in [2.05, 4.69) is 17.2 Å². The van der Waals surface area contributed by atoms with Gasteiger partial charge in [-0.1, -0.05) is 43.3 Å². The summed E-state index contributed by atoms with van der Waals surface area (Å²) in [7, 11) is 0. The number of aromatic nitrogens is 2. The molecule has 6 nitrogen and oxygen atoms in total. The molecule has 3 rings (SSSR count). The number of rotatable bonds is 7. The first kappa shape index (κ1) is 21.0. The molecule has 3 N–H and O–H groups in total. The molecule has 0 aliphatic carbocycles. The second-order valence-electron chi connectivity index (χ2n) is 8.21. The highest BCUT2D eigenvalue weighted by molar-refractivity contribution is 5.92. The van der Waals surface area contributed by atoms with Crippen LogP contribution in [-0.4, -0.2) is 25.7 Å². The molecule has 6 heteroatoms. The number of hydrogen-bond donors (Lipinski definition) is 3. The number of fused-ring (bicyclic) bond motifs is 1. The molecule has 154 valence electrons. The Balaban J connectivity index is 1.89. The summed E-state index contributed by atoms with van der Waals surface area (Å²) in [6.45, 7) is 7.84. The number of amides is 1. The first-order valence-corrected chi connectivity index (χ1v) is 9.92. The molecule has 1 heterocycles. The molecule has 1 aromatic heterocycles. The smallest absolute Gasteiger partial charge is 0.229 e. The minimum atomic E-state index is -1.28. The fraction of sp³-hybridized carbons (Fsp3) is 0.391. The largest absolute Gasteiger partial charge is 0.386 e. The third-order valence-electron chi connectivity index (χ3n) is 5.05. The van der Waals surface area contributed by atoms with Crippen LogP contribution in [0.15, 0.2) is 48.5 Å². The molecule has 0 aliphatic rings. The van der Waals surface area contributed by atoms with Crippen molar-refractivity contribution >= 4 is 22.9 Å². The van der Waals surface area contributed by atoms with Crippen molar-refractivity contribution in [2.75, 3.05) is 5.32 Å². The molecule has 0 saturated heterocycles. The van der Waals surface area contributed by atoms with E-state index >= 15 is 0 Å². The van der Waals surface area contributed by atoms with Gasteiger partial charge in [-0.25, -0.2) is 4.98 Å². The van der Waals surface area contributed by atoms with Gasteiger partial charge in [0.05, 0.1) is 28.7 Å². The molecule has 1 atom stereocenters. The lowest BCUT2D eigenvalue weighted by atomic mass is 9.92. The molecule has 2 aromatic carbocycles. The van der Waals surface area contributed by atoms with E-state index < -0.39 is 11.2 Å². The van der Waals surface area contributed by atoms with Crippen LogP contribution in [0.2, 0.25) is 0 Å². The van der Waals surface area contributed by atoms with Gasteiger partial charge in [0.25, 0.3) is 0 Å². The van der Waals surface area contributed by atoms with E-state index in [0.717, 1.165) is 23.0 Å². The third kappa shape index (κ3) is 4.66. The maximum atomic E-state index is 12.7. The summed E-state index contributed by atoms with van der Waals surface area (Å²) >= 11 is 0. The van der Waals surface area contributed by atoms with Crippen molar-refractivity contribution < 1.29 is 15.0 Å². The Morgan fingerprint density at radius 1 is 1.07 bits per heavy atom. The maximum absolute atomic E-state index is 12.7. The predicted octanol–water partition coefficient (Wildman–Crippen LogP) is 3.91. The normalized spacial score (nSPS) is 14.0. The zero-order chi connectivity index (χ0) is 21.2. The fourth-order valence-electron chi connectivity index (χ4n) is 3.43. The summed E-state index contributed by atoms with van der Waals surface area (Å²) in [5.41, 5.74) is 0.834. The van der Waals surface area contributed by atoms with Crippen molar-refractivity contribution in [3.05, 3.63) is 59.7 Å². The highest BCUT2D eigenvalue weighted by Crippen LogP contribution is 2.28. The number of hydrogen-bond acceptors (Lipinski definition) is 4. The van der Waals surface area contributed by atoms with E-state index in [1.54, 1.807) is 32.9 Å². The average molecular weight is 396 g/mol. The number of nitrogens with one attached hydrogen (secondary N) is 1. The molecular weight excluding hydrogens is 366 g/mol. The van der Waals surface area contributed by atoms with Crippen LogP contribution in [0.1, 0.15) is 51.7 Å². The van der Waals surface area contributed by atoms with Gasteiger partial charge in [0.1, 0.15) is 0 Å². The van der Waals surface area contributed by atoms with E-state index in [4.69, 9.17) is 0 Å². The molecule has 0 aliphatic heterocycles. The summed E-state index contributed by atoms with van der Waals surface area (Å²) in [5, 5.41) is 23.9. The Kier molecular flexibility index (Phi) is 5.78. The van der Waals surface area contributed by atoms with Gasteiger partial charge in [0.15, 0.2) is 0 Å². The second-order valence-corrected chi connectivity index (χ2v) is 8.21. The van der Waals surface area contributed by atoms with Crippen molar-refractivity contribution in [1.82, 2.24) is 9.55 Å². The van der Waals surface area contributed by atoms with E-state index in [-0.39, 0.29) is 12.3 Å². The lowest BCUT2D eigenvalue weighted by Gasteiger charge is -2.23. The zero-order valence-electron chi connectivity index (χ0n) is 17.4. The fourth-order valence-corrected chi connectivity index (χ4v) is 3.43. The molecular formula is C23H29N3O3. The highest BCUT2D eigenvalue weighted by Gasteiger charge is 2.27. The number of carbonyl (C=O) groups excluding carboxylic acids is 1. The van der Waals surface area contributed by atoms with Crippen LogP contribution in [0, 0.1) is 0 Å². The van der Waals surface area contributed by atoms with Gasteiger partial charge in [-0.15, -0.1) is 0 Å². The summed E-state index contributed by atoms with van der Waals surface area (Å²) in [5.74, 6) is 0.137. The van der Waals surface area contributed by atoms with Crippen LogP contribution < -0.4 is 5.32 Å². The van der Waals surface area contributed by atoms with Crippen LogP contribution >= 0.6 is 0 Å². The molecule has 1 amide bonds. The van der Waals surface area contributed by atoms with Gasteiger partial charge >= 0.3 is 0 Å². The van der Waals surface area contributed by atoms with Gasteiger partial charge in [-0.3, -0.25) is 10.1 Å². The second kappa shape index (κ2) is 7.97. The summed E-state index contributed by atoms with van der Waals surface area (Å²) in [6.07, 6.45) is 0.782. The Morgan fingerprint density at radius 2 is 1.76 bits per heavy atom. The number of imidazole rings is 1. The van der Waals surface area contributed by atoms with Gasteiger partial charge in [0.2, 0.25) is 11.9 Å². The SMILES string of the molecule is CCCn1c(NC(=O)CC(C)(O)c2ccccc2)nc2ccc(C(C)(C)O)cc21. The Bertz CT molecular complexity index is 1000. The van der Waals surface area contributed by atoms with Crippen molar-refractivity contribution in [3.8, 4) is 0 Å². The molecule has 3 aromatic rings. The van der Waals surface area contributed by atoms with Crippen LogP contribution in [-0.2, 0) is 22.5 Å². The summed E-state index contributed by atoms with van der Waals surface area (Å²) in [4.78, 5) is 17.3. The molecule has 0 bridgehead atoms. The summed E-state index contributed by atoms with van der Waals surface area (Å²) in [6, 6.07) is 14.8. The van der Waals surface area contributed by atoms with Crippen LogP contribution in [0.3, 0.4) is 0 Å². The number of benzene rings is 2. The van der Waals surface area contributed by atoms with Crippen molar-refractivity contribution in [2.45, 2.75) is 58.3 Å². The number of anilines is 1. The monoisotopic (exact) mass is 395 g/mol. The van der Waals surface area contributed by atoms with E-state index in [9.17, 15) is 15.0 Å². The standard InChI is InChI=1S/C23H29N3O3/c1-5-13-26-19-14-17(22(2,3)28)11-12-18(19)24-21(26)25-20(27)15-23(4,29)16-9-7-6-8-10-16/h6-12,14,28-29H,5,13,15H2,1-4H3,(H,24,25,27). The van der Waals surface area contributed by atoms with Crippen LogP contribution in [0.5, 0.6) is 0 Å². The van der Waals surface area contributed by atoms with E-state index in [0.29, 0.717) is 18.1 Å². The van der Waals surface area contributed by atoms with E-state index in [1.807, 2.05) is 41.0 Å². The average Bonchev–Trinajstić information content (AvgIpc) is 2.98. The maximum Gasteiger partial charge on any atom is 0.229 e. The Hall–Kier alpha value is -2.70. The predicted molar refractivity (Wildman–Crippen MR) is 115 cm³/mol. The minimum Gasteiger partial charge on any atom is -0.386 e. The third-order valence-corrected chi connectivity index (χ3v) is 5.05. The molecule has 0 radical (unpaired) electrons. The number of carbonyl (C=O) groups is 1. The molecule has 0 spiro atoms. The lowest BCUT2D eigenvalue weighted by Crippen LogP contribution is -2.29. The van der Waals surface area contributed by atoms with Gasteiger partial charge in [-0.05, 0) is 50.5 Å². The van der Waals surface area contributed by atoms with E-state index in [1.165, 1.54) is 0 Å². The quantitative estimate of drug-likeness (QED) is 0.566.